The van der Waals surface area contributed by atoms with Gasteiger partial charge in [0, 0.05) is 19.4 Å². The molecular formula is C9H17N3. The summed E-state index contributed by atoms with van der Waals surface area (Å²) in [6.07, 6.45) is 3.16. The number of hydrogen-bond acceptors (Lipinski definition) is 2. The van der Waals surface area contributed by atoms with E-state index in [2.05, 4.69) is 35.5 Å². The van der Waals surface area contributed by atoms with Crippen LogP contribution < -0.4 is 0 Å². The van der Waals surface area contributed by atoms with Gasteiger partial charge in [-0.05, 0) is 13.3 Å². The van der Waals surface area contributed by atoms with E-state index in [0.717, 1.165) is 37.5 Å². The topological polar surface area (TPSA) is 30.7 Å². The standard InChI is InChI=1S/C9H17N3/c1-4-7-9-11-10-8(5-2)12(9)6-3/h4-7H2,1-3H3. The molecular weight excluding hydrogens is 150 g/mol. The maximum absolute atomic E-state index is 4.16. The van der Waals surface area contributed by atoms with Crippen molar-refractivity contribution in [3.63, 3.8) is 0 Å². The number of nitrogens with zero attached hydrogens (tertiary/aromatic N) is 3. The summed E-state index contributed by atoms with van der Waals surface area (Å²) < 4.78 is 2.21. The summed E-state index contributed by atoms with van der Waals surface area (Å²) in [7, 11) is 0. The van der Waals surface area contributed by atoms with Crippen molar-refractivity contribution in [3.05, 3.63) is 11.6 Å². The third-order valence-electron chi connectivity index (χ3n) is 2.01. The Morgan fingerprint density at radius 3 is 2.25 bits per heavy atom. The maximum Gasteiger partial charge on any atom is 0.132 e. The van der Waals surface area contributed by atoms with Gasteiger partial charge in [-0.25, -0.2) is 0 Å². The molecule has 1 aromatic heterocycles. The molecule has 0 bridgehead atoms. The summed E-state index contributed by atoms with van der Waals surface area (Å²) in [6, 6.07) is 0. The monoisotopic (exact) mass is 167 g/mol. The van der Waals surface area contributed by atoms with Crippen LogP contribution in [-0.4, -0.2) is 14.8 Å². The fourth-order valence-electron chi connectivity index (χ4n) is 1.41. The van der Waals surface area contributed by atoms with Crippen molar-refractivity contribution in [3.8, 4) is 0 Å². The van der Waals surface area contributed by atoms with Gasteiger partial charge in [0.1, 0.15) is 11.6 Å². The molecule has 0 radical (unpaired) electrons. The minimum absolute atomic E-state index is 0.977. The maximum atomic E-state index is 4.16. The molecule has 0 aliphatic carbocycles. The van der Waals surface area contributed by atoms with Gasteiger partial charge in [-0.15, -0.1) is 10.2 Å². The third-order valence-corrected chi connectivity index (χ3v) is 2.01. The second-order valence-electron chi connectivity index (χ2n) is 2.88. The summed E-state index contributed by atoms with van der Waals surface area (Å²) >= 11 is 0. The van der Waals surface area contributed by atoms with Crippen LogP contribution in [0.15, 0.2) is 0 Å². The van der Waals surface area contributed by atoms with Gasteiger partial charge in [-0.1, -0.05) is 13.8 Å². The Kier molecular flexibility index (Phi) is 3.26. The van der Waals surface area contributed by atoms with Crippen LogP contribution in [0.25, 0.3) is 0 Å². The molecule has 1 aromatic rings. The van der Waals surface area contributed by atoms with E-state index in [1.165, 1.54) is 0 Å². The van der Waals surface area contributed by atoms with Crippen LogP contribution in [0.3, 0.4) is 0 Å². The molecule has 68 valence electrons. The molecule has 3 heteroatoms. The molecule has 12 heavy (non-hydrogen) atoms. The fourth-order valence-corrected chi connectivity index (χ4v) is 1.41. The summed E-state index contributed by atoms with van der Waals surface area (Å²) in [6.45, 7) is 7.42. The van der Waals surface area contributed by atoms with E-state index in [-0.39, 0.29) is 0 Å². The number of hydrogen-bond donors (Lipinski definition) is 0. The molecule has 0 aromatic carbocycles. The van der Waals surface area contributed by atoms with Crippen molar-refractivity contribution in [2.45, 2.75) is 46.6 Å². The van der Waals surface area contributed by atoms with E-state index in [0.29, 0.717) is 0 Å². The molecule has 3 nitrogen and oxygen atoms in total. The van der Waals surface area contributed by atoms with Gasteiger partial charge in [0.15, 0.2) is 0 Å². The molecule has 0 amide bonds. The zero-order valence-corrected chi connectivity index (χ0v) is 8.17. The average molecular weight is 167 g/mol. The summed E-state index contributed by atoms with van der Waals surface area (Å²) in [5.41, 5.74) is 0. The van der Waals surface area contributed by atoms with Gasteiger partial charge in [0.05, 0.1) is 0 Å². The van der Waals surface area contributed by atoms with Crippen molar-refractivity contribution >= 4 is 0 Å². The van der Waals surface area contributed by atoms with E-state index in [4.69, 9.17) is 0 Å². The minimum Gasteiger partial charge on any atom is -0.315 e. The van der Waals surface area contributed by atoms with Crippen molar-refractivity contribution in [2.24, 2.45) is 0 Å². The number of aryl methyl sites for hydroxylation is 2. The Morgan fingerprint density at radius 2 is 1.75 bits per heavy atom. The number of rotatable bonds is 4. The van der Waals surface area contributed by atoms with Crippen LogP contribution in [-0.2, 0) is 19.4 Å². The average Bonchev–Trinajstić information content (AvgIpc) is 2.47. The van der Waals surface area contributed by atoms with Crippen LogP contribution in [0.2, 0.25) is 0 Å². The molecule has 0 atom stereocenters. The first kappa shape index (κ1) is 9.23. The van der Waals surface area contributed by atoms with E-state index >= 15 is 0 Å². The van der Waals surface area contributed by atoms with Crippen molar-refractivity contribution < 1.29 is 0 Å². The smallest absolute Gasteiger partial charge is 0.132 e. The molecule has 0 saturated carbocycles. The second-order valence-corrected chi connectivity index (χ2v) is 2.88. The Balaban J connectivity index is 2.88. The largest absolute Gasteiger partial charge is 0.315 e. The SMILES string of the molecule is CCCc1nnc(CC)n1CC. The van der Waals surface area contributed by atoms with Gasteiger partial charge in [0.25, 0.3) is 0 Å². The van der Waals surface area contributed by atoms with Gasteiger partial charge in [0.2, 0.25) is 0 Å². The van der Waals surface area contributed by atoms with Crippen molar-refractivity contribution in [1.82, 2.24) is 14.8 Å². The van der Waals surface area contributed by atoms with Gasteiger partial charge < -0.3 is 4.57 Å². The quantitative estimate of drug-likeness (QED) is 0.684. The number of aromatic nitrogens is 3. The lowest BCUT2D eigenvalue weighted by Gasteiger charge is -2.04. The van der Waals surface area contributed by atoms with Crippen molar-refractivity contribution in [2.75, 3.05) is 0 Å². The first-order valence-electron chi connectivity index (χ1n) is 4.74. The summed E-state index contributed by atoms with van der Waals surface area (Å²) in [4.78, 5) is 0. The lowest BCUT2D eigenvalue weighted by Crippen LogP contribution is -2.05. The highest BCUT2D eigenvalue weighted by molar-refractivity contribution is 4.95. The first-order chi connectivity index (χ1) is 5.83. The van der Waals surface area contributed by atoms with Crippen LogP contribution in [0.1, 0.15) is 38.8 Å². The highest BCUT2D eigenvalue weighted by atomic mass is 15.3. The Hall–Kier alpha value is -0.860. The molecule has 0 fully saturated rings. The van der Waals surface area contributed by atoms with E-state index in [1.54, 1.807) is 0 Å². The first-order valence-corrected chi connectivity index (χ1v) is 4.74. The summed E-state index contributed by atoms with van der Waals surface area (Å²) in [5, 5.41) is 8.30. The molecule has 0 aliphatic heterocycles. The van der Waals surface area contributed by atoms with Crippen LogP contribution in [0.4, 0.5) is 0 Å². The second kappa shape index (κ2) is 4.24. The van der Waals surface area contributed by atoms with E-state index in [9.17, 15) is 0 Å². The predicted molar refractivity (Wildman–Crippen MR) is 49.1 cm³/mol. The minimum atomic E-state index is 0.977. The van der Waals surface area contributed by atoms with E-state index in [1.807, 2.05) is 0 Å². The third kappa shape index (κ3) is 1.65. The molecule has 0 N–H and O–H groups in total. The molecule has 0 unspecified atom stereocenters. The predicted octanol–water partition coefficient (Wildman–Crippen LogP) is 1.81. The van der Waals surface area contributed by atoms with Gasteiger partial charge in [-0.2, -0.15) is 0 Å². The summed E-state index contributed by atoms with van der Waals surface area (Å²) in [5.74, 6) is 2.25. The molecule has 0 saturated heterocycles. The lowest BCUT2D eigenvalue weighted by atomic mass is 10.3. The van der Waals surface area contributed by atoms with Crippen LogP contribution >= 0.6 is 0 Å². The molecule has 0 spiro atoms. The molecule has 0 aliphatic rings. The van der Waals surface area contributed by atoms with Crippen molar-refractivity contribution in [1.29, 1.82) is 0 Å². The Morgan fingerprint density at radius 1 is 1.08 bits per heavy atom. The normalized spacial score (nSPS) is 10.6. The molecule has 1 heterocycles. The van der Waals surface area contributed by atoms with Crippen LogP contribution in [0, 0.1) is 0 Å². The molecule has 1 rings (SSSR count). The zero-order valence-electron chi connectivity index (χ0n) is 8.17. The van der Waals surface area contributed by atoms with Gasteiger partial charge in [-0.3, -0.25) is 0 Å². The highest BCUT2D eigenvalue weighted by Crippen LogP contribution is 2.04. The lowest BCUT2D eigenvalue weighted by molar-refractivity contribution is 0.654. The zero-order chi connectivity index (χ0) is 8.97. The Labute approximate surface area is 73.8 Å². The van der Waals surface area contributed by atoms with Crippen LogP contribution in [0.5, 0.6) is 0 Å². The Bertz CT molecular complexity index is 240. The fraction of sp³-hybridized carbons (Fsp3) is 0.778. The highest BCUT2D eigenvalue weighted by Gasteiger charge is 2.06. The van der Waals surface area contributed by atoms with E-state index < -0.39 is 0 Å². The van der Waals surface area contributed by atoms with Gasteiger partial charge >= 0.3 is 0 Å².